The van der Waals surface area contributed by atoms with Crippen molar-refractivity contribution >= 4 is 15.9 Å². The van der Waals surface area contributed by atoms with E-state index in [0.29, 0.717) is 18.5 Å². The van der Waals surface area contributed by atoms with Crippen molar-refractivity contribution in [2.24, 2.45) is 5.92 Å². The maximum atomic E-state index is 14.0. The van der Waals surface area contributed by atoms with Gasteiger partial charge in [0.2, 0.25) is 0 Å². The molecule has 0 aromatic heterocycles. The summed E-state index contributed by atoms with van der Waals surface area (Å²) in [5.74, 6) is 0.457. The van der Waals surface area contributed by atoms with Crippen LogP contribution in [-0.2, 0) is 6.54 Å². The molecule has 0 aliphatic carbocycles. The molecule has 1 aliphatic heterocycles. The predicted octanol–water partition coefficient (Wildman–Crippen LogP) is 3.80. The minimum atomic E-state index is -0.130. The fourth-order valence-corrected chi connectivity index (χ4v) is 2.96. The summed E-state index contributed by atoms with van der Waals surface area (Å²) in [5, 5.41) is 3.61. The minimum Gasteiger partial charge on any atom is -0.311 e. The number of piperazine rings is 1. The summed E-state index contributed by atoms with van der Waals surface area (Å²) in [6.07, 6.45) is 0. The Morgan fingerprint density at radius 3 is 2.75 bits per heavy atom. The molecule has 0 radical (unpaired) electrons. The lowest BCUT2D eigenvalue weighted by Gasteiger charge is -2.47. The first-order valence-corrected chi connectivity index (χ1v) is 8.01. The quantitative estimate of drug-likeness (QED) is 0.898. The summed E-state index contributed by atoms with van der Waals surface area (Å²) >= 11 is 3.31. The first kappa shape index (κ1) is 15.9. The van der Waals surface area contributed by atoms with E-state index < -0.39 is 0 Å². The largest absolute Gasteiger partial charge is 0.311 e. The molecule has 1 fully saturated rings. The number of benzene rings is 1. The van der Waals surface area contributed by atoms with Crippen LogP contribution in [0.25, 0.3) is 0 Å². The molecule has 0 amide bonds. The van der Waals surface area contributed by atoms with Gasteiger partial charge in [-0.05, 0) is 31.9 Å². The van der Waals surface area contributed by atoms with E-state index in [-0.39, 0.29) is 11.4 Å². The van der Waals surface area contributed by atoms with Crippen molar-refractivity contribution in [2.75, 3.05) is 13.1 Å². The average Bonchev–Trinajstić information content (AvgIpc) is 2.34. The van der Waals surface area contributed by atoms with E-state index in [2.05, 4.69) is 53.8 Å². The van der Waals surface area contributed by atoms with E-state index in [4.69, 9.17) is 0 Å². The van der Waals surface area contributed by atoms with Gasteiger partial charge in [0.1, 0.15) is 5.82 Å². The van der Waals surface area contributed by atoms with Gasteiger partial charge in [0.15, 0.2) is 0 Å². The molecule has 1 unspecified atom stereocenters. The van der Waals surface area contributed by atoms with E-state index >= 15 is 0 Å². The van der Waals surface area contributed by atoms with Gasteiger partial charge >= 0.3 is 0 Å². The van der Waals surface area contributed by atoms with E-state index in [1.54, 1.807) is 6.07 Å². The Kier molecular flexibility index (Phi) is 4.88. The summed E-state index contributed by atoms with van der Waals surface area (Å²) in [5.41, 5.74) is 0.816. The van der Waals surface area contributed by atoms with Crippen LogP contribution >= 0.6 is 15.9 Å². The van der Waals surface area contributed by atoms with Crippen molar-refractivity contribution in [3.8, 4) is 0 Å². The van der Waals surface area contributed by atoms with Crippen LogP contribution in [0.15, 0.2) is 22.7 Å². The minimum absolute atomic E-state index is 0.0465. The van der Waals surface area contributed by atoms with Gasteiger partial charge in [0.05, 0.1) is 0 Å². The van der Waals surface area contributed by atoms with Crippen molar-refractivity contribution in [3.05, 3.63) is 34.1 Å². The van der Waals surface area contributed by atoms with Gasteiger partial charge < -0.3 is 5.32 Å². The van der Waals surface area contributed by atoms with Gasteiger partial charge in [-0.25, -0.2) is 4.39 Å². The number of nitrogens with one attached hydrogen (secondary N) is 1. The molecular formula is C16H24BrFN2. The van der Waals surface area contributed by atoms with Crippen molar-refractivity contribution in [1.29, 1.82) is 0 Å². The highest BCUT2D eigenvalue weighted by atomic mass is 79.9. The zero-order chi connectivity index (χ0) is 14.9. The Labute approximate surface area is 129 Å². The standard InChI is InChI=1S/C16H24BrFN2/c1-11(2)15-9-20(16(3,4)10-19-15)8-12-5-6-13(17)7-14(12)18/h5-7,11,15,19H,8-10H2,1-4H3. The molecule has 1 N–H and O–H groups in total. The van der Waals surface area contributed by atoms with E-state index in [1.807, 2.05) is 12.1 Å². The molecule has 1 aromatic carbocycles. The Morgan fingerprint density at radius 2 is 2.15 bits per heavy atom. The lowest BCUT2D eigenvalue weighted by molar-refractivity contribution is 0.0466. The Hall–Kier alpha value is -0.450. The first-order chi connectivity index (χ1) is 9.29. The van der Waals surface area contributed by atoms with Gasteiger partial charge in [0, 0.05) is 41.3 Å². The third kappa shape index (κ3) is 3.60. The molecule has 1 atom stereocenters. The second-order valence-electron chi connectivity index (χ2n) is 6.66. The molecule has 4 heteroatoms. The molecule has 1 saturated heterocycles. The number of hydrogen-bond donors (Lipinski definition) is 1. The van der Waals surface area contributed by atoms with Crippen LogP contribution in [0.2, 0.25) is 0 Å². The van der Waals surface area contributed by atoms with Gasteiger partial charge in [-0.15, -0.1) is 0 Å². The molecule has 1 aliphatic rings. The number of nitrogens with zero attached hydrogens (tertiary/aromatic N) is 1. The third-order valence-electron chi connectivity index (χ3n) is 4.25. The van der Waals surface area contributed by atoms with Gasteiger partial charge in [-0.1, -0.05) is 35.8 Å². The van der Waals surface area contributed by atoms with Gasteiger partial charge in [-0.3, -0.25) is 4.90 Å². The van der Waals surface area contributed by atoms with E-state index in [0.717, 1.165) is 23.1 Å². The van der Waals surface area contributed by atoms with Crippen LogP contribution < -0.4 is 5.32 Å². The summed E-state index contributed by atoms with van der Waals surface area (Å²) in [6.45, 7) is 11.5. The number of halogens is 2. The van der Waals surface area contributed by atoms with Crippen molar-refractivity contribution in [1.82, 2.24) is 10.2 Å². The maximum absolute atomic E-state index is 14.0. The zero-order valence-corrected chi connectivity index (χ0v) is 14.3. The van der Waals surface area contributed by atoms with Crippen LogP contribution in [0.1, 0.15) is 33.3 Å². The van der Waals surface area contributed by atoms with Crippen LogP contribution in [0, 0.1) is 11.7 Å². The first-order valence-electron chi connectivity index (χ1n) is 7.22. The Morgan fingerprint density at radius 1 is 1.45 bits per heavy atom. The predicted molar refractivity (Wildman–Crippen MR) is 85.2 cm³/mol. The van der Waals surface area contributed by atoms with Gasteiger partial charge in [0.25, 0.3) is 0 Å². The lowest BCUT2D eigenvalue weighted by Crippen LogP contribution is -2.62. The smallest absolute Gasteiger partial charge is 0.128 e. The summed E-state index contributed by atoms with van der Waals surface area (Å²) in [7, 11) is 0. The summed E-state index contributed by atoms with van der Waals surface area (Å²) < 4.78 is 14.8. The van der Waals surface area contributed by atoms with E-state index in [1.165, 1.54) is 0 Å². The molecule has 0 spiro atoms. The van der Waals surface area contributed by atoms with Crippen LogP contribution in [-0.4, -0.2) is 29.6 Å². The second-order valence-corrected chi connectivity index (χ2v) is 7.58. The Balaban J connectivity index is 2.16. The van der Waals surface area contributed by atoms with Crippen molar-refractivity contribution in [2.45, 2.75) is 45.8 Å². The normalized spacial score (nSPS) is 23.2. The second kappa shape index (κ2) is 6.12. The van der Waals surface area contributed by atoms with Gasteiger partial charge in [-0.2, -0.15) is 0 Å². The zero-order valence-electron chi connectivity index (χ0n) is 12.7. The van der Waals surface area contributed by atoms with Crippen LogP contribution in [0.3, 0.4) is 0 Å². The highest BCUT2D eigenvalue weighted by Crippen LogP contribution is 2.25. The van der Waals surface area contributed by atoms with E-state index in [9.17, 15) is 4.39 Å². The molecular weight excluding hydrogens is 319 g/mol. The number of hydrogen-bond acceptors (Lipinski definition) is 2. The van der Waals surface area contributed by atoms with Crippen LogP contribution in [0.5, 0.6) is 0 Å². The topological polar surface area (TPSA) is 15.3 Å². The monoisotopic (exact) mass is 342 g/mol. The lowest BCUT2D eigenvalue weighted by atomic mass is 9.92. The fraction of sp³-hybridized carbons (Fsp3) is 0.625. The molecule has 0 saturated carbocycles. The highest BCUT2D eigenvalue weighted by Gasteiger charge is 2.35. The molecule has 20 heavy (non-hydrogen) atoms. The molecule has 0 bridgehead atoms. The fourth-order valence-electron chi connectivity index (χ4n) is 2.62. The SMILES string of the molecule is CC(C)C1CN(Cc2ccc(Br)cc2F)C(C)(C)CN1. The van der Waals surface area contributed by atoms with Crippen LogP contribution in [0.4, 0.5) is 4.39 Å². The van der Waals surface area contributed by atoms with Crippen molar-refractivity contribution in [3.63, 3.8) is 0 Å². The summed E-state index contributed by atoms with van der Waals surface area (Å²) in [4.78, 5) is 2.39. The number of rotatable bonds is 3. The molecule has 2 rings (SSSR count). The molecule has 2 nitrogen and oxygen atoms in total. The summed E-state index contributed by atoms with van der Waals surface area (Å²) in [6, 6.07) is 5.81. The third-order valence-corrected chi connectivity index (χ3v) is 4.74. The molecule has 1 aromatic rings. The molecule has 1 heterocycles. The average molecular weight is 343 g/mol. The Bertz CT molecular complexity index is 474. The maximum Gasteiger partial charge on any atom is 0.128 e. The van der Waals surface area contributed by atoms with Crippen molar-refractivity contribution < 1.29 is 4.39 Å². The highest BCUT2D eigenvalue weighted by molar-refractivity contribution is 9.10. The molecule has 112 valence electrons.